The number of pyridine rings is 1. The van der Waals surface area contributed by atoms with Crippen molar-refractivity contribution in [3.63, 3.8) is 0 Å². The minimum atomic E-state index is -3.69. The smallest absolute Gasteiger partial charge is 0.243 e. The Morgan fingerprint density at radius 1 is 1.25 bits per heavy atom. The summed E-state index contributed by atoms with van der Waals surface area (Å²) in [4.78, 5) is 16.7. The summed E-state index contributed by atoms with van der Waals surface area (Å²) in [7, 11) is -3.69. The van der Waals surface area contributed by atoms with E-state index in [0.29, 0.717) is 25.1 Å². The molecule has 3 rings (SSSR count). The molecule has 0 aliphatic carbocycles. The van der Waals surface area contributed by atoms with Crippen molar-refractivity contribution in [3.05, 3.63) is 54.4 Å². The highest BCUT2D eigenvalue weighted by atomic mass is 32.2. The minimum absolute atomic E-state index is 0.217. The number of aromatic nitrogens is 1. The van der Waals surface area contributed by atoms with E-state index < -0.39 is 16.1 Å². The van der Waals surface area contributed by atoms with Crippen LogP contribution in [0.4, 0.5) is 5.69 Å². The molecule has 1 aliphatic rings. The van der Waals surface area contributed by atoms with E-state index in [1.54, 1.807) is 42.6 Å². The highest BCUT2D eigenvalue weighted by Gasteiger charge is 2.39. The van der Waals surface area contributed by atoms with Crippen LogP contribution in [-0.4, -0.2) is 36.2 Å². The molecule has 24 heavy (non-hydrogen) atoms. The third-order valence-corrected chi connectivity index (χ3v) is 5.99. The van der Waals surface area contributed by atoms with Gasteiger partial charge in [0.15, 0.2) is 0 Å². The summed E-state index contributed by atoms with van der Waals surface area (Å²) < 4.78 is 27.0. The summed E-state index contributed by atoms with van der Waals surface area (Å²) in [5.74, 6) is -0.323. The first kappa shape index (κ1) is 16.6. The van der Waals surface area contributed by atoms with Crippen LogP contribution in [0.1, 0.15) is 18.4 Å². The molecule has 126 valence electrons. The van der Waals surface area contributed by atoms with E-state index in [4.69, 9.17) is 0 Å². The predicted molar refractivity (Wildman–Crippen MR) is 91.0 cm³/mol. The largest absolute Gasteiger partial charge is 0.323 e. The molecule has 7 heteroatoms. The molecule has 0 saturated carbocycles. The zero-order chi connectivity index (χ0) is 17.2. The number of rotatable bonds is 4. The second-order valence-corrected chi connectivity index (χ2v) is 7.71. The molecular formula is C17H19N3O3S. The lowest BCUT2D eigenvalue weighted by molar-refractivity contribution is -0.119. The first-order valence-corrected chi connectivity index (χ1v) is 9.22. The van der Waals surface area contributed by atoms with Gasteiger partial charge in [-0.1, -0.05) is 17.7 Å². The minimum Gasteiger partial charge on any atom is -0.323 e. The van der Waals surface area contributed by atoms with Crippen molar-refractivity contribution in [3.8, 4) is 0 Å². The first-order chi connectivity index (χ1) is 11.5. The summed E-state index contributed by atoms with van der Waals surface area (Å²) in [5, 5.41) is 2.74. The summed E-state index contributed by atoms with van der Waals surface area (Å²) in [6.45, 7) is 2.25. The van der Waals surface area contributed by atoms with E-state index >= 15 is 0 Å². The Hall–Kier alpha value is -2.25. The van der Waals surface area contributed by atoms with E-state index in [2.05, 4.69) is 10.3 Å². The average molecular weight is 345 g/mol. The van der Waals surface area contributed by atoms with Gasteiger partial charge in [-0.15, -0.1) is 0 Å². The van der Waals surface area contributed by atoms with Crippen molar-refractivity contribution in [2.45, 2.75) is 30.7 Å². The zero-order valence-corrected chi connectivity index (χ0v) is 14.2. The molecule has 0 bridgehead atoms. The highest BCUT2D eigenvalue weighted by molar-refractivity contribution is 7.89. The van der Waals surface area contributed by atoms with E-state index in [1.807, 2.05) is 6.92 Å². The molecule has 0 radical (unpaired) electrons. The third-order valence-electron chi connectivity index (χ3n) is 4.06. The van der Waals surface area contributed by atoms with Gasteiger partial charge in [-0.05, 0) is 44.0 Å². The van der Waals surface area contributed by atoms with Crippen molar-refractivity contribution in [1.82, 2.24) is 9.29 Å². The molecule has 2 heterocycles. The summed E-state index contributed by atoms with van der Waals surface area (Å²) in [5.41, 5.74) is 1.54. The van der Waals surface area contributed by atoms with Crippen LogP contribution in [0.5, 0.6) is 0 Å². The number of carbonyl (C=O) groups is 1. The Labute approximate surface area is 141 Å². The van der Waals surface area contributed by atoms with Crippen molar-refractivity contribution >= 4 is 21.6 Å². The van der Waals surface area contributed by atoms with Gasteiger partial charge in [0.1, 0.15) is 6.04 Å². The van der Waals surface area contributed by atoms with Crippen molar-refractivity contribution in [2.75, 3.05) is 11.9 Å². The fraction of sp³-hybridized carbons (Fsp3) is 0.294. The second kappa shape index (κ2) is 6.70. The van der Waals surface area contributed by atoms with Gasteiger partial charge >= 0.3 is 0 Å². The number of aryl methyl sites for hydroxylation is 1. The SMILES string of the molecule is Cc1ccc(S(=O)(=O)N2CCC[C@@H]2C(=O)Nc2cccnc2)cc1. The van der Waals surface area contributed by atoms with Crippen molar-refractivity contribution in [1.29, 1.82) is 0 Å². The molecule has 1 saturated heterocycles. The number of benzene rings is 1. The Bertz CT molecular complexity index is 820. The molecule has 1 N–H and O–H groups in total. The van der Waals surface area contributed by atoms with E-state index in [1.165, 1.54) is 10.5 Å². The number of sulfonamides is 1. The van der Waals surface area contributed by atoms with E-state index in [0.717, 1.165) is 5.56 Å². The molecule has 1 atom stereocenters. The average Bonchev–Trinajstić information content (AvgIpc) is 3.07. The fourth-order valence-corrected chi connectivity index (χ4v) is 4.45. The van der Waals surface area contributed by atoms with E-state index in [9.17, 15) is 13.2 Å². The van der Waals surface area contributed by atoms with Gasteiger partial charge in [-0.25, -0.2) is 8.42 Å². The molecule has 0 spiro atoms. The molecule has 1 fully saturated rings. The summed E-state index contributed by atoms with van der Waals surface area (Å²) >= 11 is 0. The molecule has 2 aromatic rings. The maximum Gasteiger partial charge on any atom is 0.243 e. The highest BCUT2D eigenvalue weighted by Crippen LogP contribution is 2.27. The van der Waals surface area contributed by atoms with Crippen LogP contribution < -0.4 is 5.32 Å². The van der Waals surface area contributed by atoms with Crippen LogP contribution in [0.3, 0.4) is 0 Å². The summed E-state index contributed by atoms with van der Waals surface area (Å²) in [6.07, 6.45) is 4.32. The Kier molecular flexibility index (Phi) is 4.64. The molecule has 1 aliphatic heterocycles. The molecular weight excluding hydrogens is 326 g/mol. The molecule has 0 unspecified atom stereocenters. The maximum absolute atomic E-state index is 12.8. The quantitative estimate of drug-likeness (QED) is 0.921. The second-order valence-electron chi connectivity index (χ2n) is 5.82. The molecule has 6 nitrogen and oxygen atoms in total. The Morgan fingerprint density at radius 2 is 2.00 bits per heavy atom. The number of anilines is 1. The van der Waals surface area contributed by atoms with Crippen molar-refractivity contribution in [2.24, 2.45) is 0 Å². The van der Waals surface area contributed by atoms with Gasteiger partial charge in [0.2, 0.25) is 15.9 Å². The van der Waals surface area contributed by atoms with Gasteiger partial charge in [0, 0.05) is 12.7 Å². The van der Waals surface area contributed by atoms with Gasteiger partial charge in [0.05, 0.1) is 16.8 Å². The van der Waals surface area contributed by atoms with Crippen LogP contribution in [0, 0.1) is 6.92 Å². The lowest BCUT2D eigenvalue weighted by Crippen LogP contribution is -2.43. The van der Waals surface area contributed by atoms with Gasteiger partial charge in [-0.3, -0.25) is 9.78 Å². The Balaban J connectivity index is 1.82. The van der Waals surface area contributed by atoms with Gasteiger partial charge in [-0.2, -0.15) is 4.31 Å². The topological polar surface area (TPSA) is 79.4 Å². The lowest BCUT2D eigenvalue weighted by Gasteiger charge is -2.23. The number of nitrogens with one attached hydrogen (secondary N) is 1. The van der Waals surface area contributed by atoms with Crippen LogP contribution in [-0.2, 0) is 14.8 Å². The number of amides is 1. The standard InChI is InChI=1S/C17H19N3O3S/c1-13-6-8-15(9-7-13)24(22,23)20-11-3-5-16(20)17(21)19-14-4-2-10-18-12-14/h2,4,6-10,12,16H,3,5,11H2,1H3,(H,19,21)/t16-/m1/s1. The summed E-state index contributed by atoms with van der Waals surface area (Å²) in [6, 6.07) is 9.42. The number of hydrogen-bond donors (Lipinski definition) is 1. The third kappa shape index (κ3) is 3.32. The normalized spacial score (nSPS) is 18.5. The predicted octanol–water partition coefficient (Wildman–Crippen LogP) is 2.18. The fourth-order valence-electron chi connectivity index (χ4n) is 2.80. The molecule has 1 aromatic heterocycles. The number of carbonyl (C=O) groups excluding carboxylic acids is 1. The Morgan fingerprint density at radius 3 is 2.67 bits per heavy atom. The molecule has 1 aromatic carbocycles. The lowest BCUT2D eigenvalue weighted by atomic mass is 10.2. The van der Waals surface area contributed by atoms with Crippen LogP contribution in [0.2, 0.25) is 0 Å². The van der Waals surface area contributed by atoms with E-state index in [-0.39, 0.29) is 10.8 Å². The monoisotopic (exact) mass is 345 g/mol. The number of hydrogen-bond acceptors (Lipinski definition) is 4. The van der Waals surface area contributed by atoms with Gasteiger partial charge < -0.3 is 5.32 Å². The zero-order valence-electron chi connectivity index (χ0n) is 13.3. The van der Waals surface area contributed by atoms with Gasteiger partial charge in [0.25, 0.3) is 0 Å². The van der Waals surface area contributed by atoms with Crippen LogP contribution in [0.15, 0.2) is 53.7 Å². The van der Waals surface area contributed by atoms with Crippen molar-refractivity contribution < 1.29 is 13.2 Å². The molecule has 1 amide bonds. The number of nitrogens with zero attached hydrogens (tertiary/aromatic N) is 2. The van der Waals surface area contributed by atoms with Crippen LogP contribution >= 0.6 is 0 Å². The first-order valence-electron chi connectivity index (χ1n) is 7.78. The maximum atomic E-state index is 12.8. The van der Waals surface area contributed by atoms with Crippen LogP contribution in [0.25, 0.3) is 0 Å².